The van der Waals surface area contributed by atoms with Crippen LogP contribution >= 0.6 is 21.6 Å². The lowest BCUT2D eigenvalue weighted by Gasteiger charge is -2.02. The van der Waals surface area contributed by atoms with E-state index in [9.17, 15) is 0 Å². The van der Waals surface area contributed by atoms with Gasteiger partial charge in [0.15, 0.2) is 0 Å². The van der Waals surface area contributed by atoms with E-state index in [-0.39, 0.29) is 0 Å². The molecule has 2 rings (SSSR count). The molecule has 0 aromatic heterocycles. The summed E-state index contributed by atoms with van der Waals surface area (Å²) >= 11 is 0. The van der Waals surface area contributed by atoms with Crippen LogP contribution in [0.4, 0.5) is 0 Å². The van der Waals surface area contributed by atoms with E-state index in [2.05, 4.69) is 62.4 Å². The van der Waals surface area contributed by atoms with Gasteiger partial charge < -0.3 is 0 Å². The SMILES string of the molecule is CC.Cc1ccc(SSc2ccc(C)cc2)cc1. The first-order valence-electron chi connectivity index (χ1n) is 6.22. The van der Waals surface area contributed by atoms with Crippen LogP contribution in [0.1, 0.15) is 25.0 Å². The summed E-state index contributed by atoms with van der Waals surface area (Å²) in [5.41, 5.74) is 2.62. The first-order chi connectivity index (χ1) is 8.74. The quantitative estimate of drug-likeness (QED) is 0.618. The maximum absolute atomic E-state index is 2.17. The molecule has 0 saturated carbocycles. The third kappa shape index (κ3) is 5.19. The van der Waals surface area contributed by atoms with Gasteiger partial charge in [-0.1, -0.05) is 70.8 Å². The lowest BCUT2D eigenvalue weighted by molar-refractivity contribution is 1.38. The van der Waals surface area contributed by atoms with Crippen molar-refractivity contribution >= 4 is 21.6 Å². The van der Waals surface area contributed by atoms with Crippen LogP contribution in [0.25, 0.3) is 0 Å². The Labute approximate surface area is 119 Å². The highest BCUT2D eigenvalue weighted by atomic mass is 33.1. The van der Waals surface area contributed by atoms with Crippen molar-refractivity contribution in [1.29, 1.82) is 0 Å². The zero-order valence-corrected chi connectivity index (χ0v) is 13.1. The molecule has 0 fully saturated rings. The molecule has 0 radical (unpaired) electrons. The van der Waals surface area contributed by atoms with Crippen molar-refractivity contribution in [3.63, 3.8) is 0 Å². The van der Waals surface area contributed by atoms with E-state index in [4.69, 9.17) is 0 Å². The van der Waals surface area contributed by atoms with E-state index < -0.39 is 0 Å². The number of benzene rings is 2. The molecular weight excluding hydrogens is 256 g/mol. The van der Waals surface area contributed by atoms with Crippen molar-refractivity contribution in [2.75, 3.05) is 0 Å². The molecule has 2 aromatic rings. The standard InChI is InChI=1S/C14H14S2.C2H6/c1-11-3-7-13(8-4-11)15-16-14-9-5-12(2)6-10-14;1-2/h3-10H,1-2H3;1-2H3. The lowest BCUT2D eigenvalue weighted by atomic mass is 10.2. The van der Waals surface area contributed by atoms with Crippen LogP contribution in [-0.4, -0.2) is 0 Å². The average Bonchev–Trinajstić information content (AvgIpc) is 2.42. The molecule has 2 heteroatoms. The molecule has 96 valence electrons. The Balaban J connectivity index is 0.000000771. The molecule has 0 N–H and O–H groups in total. The summed E-state index contributed by atoms with van der Waals surface area (Å²) in [6, 6.07) is 17.3. The Bertz CT molecular complexity index is 398. The van der Waals surface area contributed by atoms with Gasteiger partial charge in [0.1, 0.15) is 0 Å². The van der Waals surface area contributed by atoms with Crippen LogP contribution in [-0.2, 0) is 0 Å². The van der Waals surface area contributed by atoms with E-state index in [1.54, 1.807) is 21.6 Å². The van der Waals surface area contributed by atoms with Crippen molar-refractivity contribution in [3.05, 3.63) is 59.7 Å². The summed E-state index contributed by atoms with van der Waals surface area (Å²) in [5.74, 6) is 0. The zero-order valence-electron chi connectivity index (χ0n) is 11.4. The monoisotopic (exact) mass is 276 g/mol. The summed E-state index contributed by atoms with van der Waals surface area (Å²) in [4.78, 5) is 2.60. The fourth-order valence-corrected chi connectivity index (χ4v) is 3.21. The predicted octanol–water partition coefficient (Wildman–Crippen LogP) is 6.13. The van der Waals surface area contributed by atoms with Gasteiger partial charge in [-0.25, -0.2) is 0 Å². The van der Waals surface area contributed by atoms with Gasteiger partial charge in [-0.05, 0) is 38.1 Å². The molecule has 0 saturated heterocycles. The number of hydrogen-bond acceptors (Lipinski definition) is 2. The van der Waals surface area contributed by atoms with E-state index in [1.165, 1.54) is 20.9 Å². The molecule has 0 atom stereocenters. The van der Waals surface area contributed by atoms with Gasteiger partial charge in [-0.15, -0.1) is 0 Å². The van der Waals surface area contributed by atoms with Crippen molar-refractivity contribution in [2.24, 2.45) is 0 Å². The smallest absolute Gasteiger partial charge is 0.0186 e. The van der Waals surface area contributed by atoms with E-state index >= 15 is 0 Å². The first kappa shape index (κ1) is 15.2. The third-order valence-corrected chi connectivity index (χ3v) is 4.69. The van der Waals surface area contributed by atoms with Crippen molar-refractivity contribution in [1.82, 2.24) is 0 Å². The van der Waals surface area contributed by atoms with Gasteiger partial charge in [0.2, 0.25) is 0 Å². The summed E-state index contributed by atoms with van der Waals surface area (Å²) in [6.07, 6.45) is 0. The van der Waals surface area contributed by atoms with Gasteiger partial charge >= 0.3 is 0 Å². The Kier molecular flexibility index (Phi) is 6.99. The molecule has 0 spiro atoms. The Hall–Kier alpha value is -0.860. The van der Waals surface area contributed by atoms with Gasteiger partial charge in [0, 0.05) is 9.79 Å². The second kappa shape index (κ2) is 8.28. The minimum absolute atomic E-state index is 1.30. The molecule has 0 bridgehead atoms. The molecule has 0 nitrogen and oxygen atoms in total. The highest BCUT2D eigenvalue weighted by molar-refractivity contribution is 8.76. The van der Waals surface area contributed by atoms with Crippen LogP contribution < -0.4 is 0 Å². The summed E-state index contributed by atoms with van der Waals surface area (Å²) in [7, 11) is 3.61. The molecule has 0 amide bonds. The number of rotatable bonds is 3. The minimum atomic E-state index is 1.30. The molecule has 0 aliphatic heterocycles. The summed E-state index contributed by atoms with van der Waals surface area (Å²) in [6.45, 7) is 8.23. The Morgan fingerprint density at radius 3 is 1.11 bits per heavy atom. The fourth-order valence-electron chi connectivity index (χ4n) is 1.28. The molecule has 2 aromatic carbocycles. The van der Waals surface area contributed by atoms with Crippen LogP contribution in [0.3, 0.4) is 0 Å². The maximum Gasteiger partial charge on any atom is 0.0186 e. The fraction of sp³-hybridized carbons (Fsp3) is 0.250. The minimum Gasteiger partial charge on any atom is -0.0683 e. The maximum atomic E-state index is 2.17. The first-order valence-corrected chi connectivity index (χ1v) is 8.37. The lowest BCUT2D eigenvalue weighted by Crippen LogP contribution is -1.73. The molecule has 0 aliphatic rings. The normalized spacial score (nSPS) is 9.56. The summed E-state index contributed by atoms with van der Waals surface area (Å²) in [5, 5.41) is 0. The highest BCUT2D eigenvalue weighted by Crippen LogP contribution is 2.37. The second-order valence-electron chi connectivity index (χ2n) is 3.79. The van der Waals surface area contributed by atoms with Gasteiger partial charge in [0.05, 0.1) is 0 Å². The highest BCUT2D eigenvalue weighted by Gasteiger charge is 1.97. The largest absolute Gasteiger partial charge is 0.0683 e. The van der Waals surface area contributed by atoms with Crippen LogP contribution in [0.5, 0.6) is 0 Å². The predicted molar refractivity (Wildman–Crippen MR) is 85.4 cm³/mol. The Morgan fingerprint density at radius 1 is 0.556 bits per heavy atom. The second-order valence-corrected chi connectivity index (χ2v) is 6.07. The number of aryl methyl sites for hydroxylation is 2. The molecular formula is C16H20S2. The van der Waals surface area contributed by atoms with Crippen molar-refractivity contribution in [2.45, 2.75) is 37.5 Å². The van der Waals surface area contributed by atoms with Crippen molar-refractivity contribution < 1.29 is 0 Å². The number of hydrogen-bond donors (Lipinski definition) is 0. The molecule has 0 aliphatic carbocycles. The zero-order chi connectivity index (χ0) is 13.4. The van der Waals surface area contributed by atoms with Gasteiger partial charge in [-0.3, -0.25) is 0 Å². The average molecular weight is 276 g/mol. The van der Waals surface area contributed by atoms with Gasteiger partial charge in [-0.2, -0.15) is 0 Å². The van der Waals surface area contributed by atoms with E-state index in [0.29, 0.717) is 0 Å². The summed E-state index contributed by atoms with van der Waals surface area (Å²) < 4.78 is 0. The third-order valence-electron chi connectivity index (χ3n) is 2.28. The van der Waals surface area contributed by atoms with Crippen LogP contribution in [0.15, 0.2) is 58.3 Å². The molecule has 0 heterocycles. The van der Waals surface area contributed by atoms with Crippen LogP contribution in [0, 0.1) is 13.8 Å². The van der Waals surface area contributed by atoms with Crippen LogP contribution in [0.2, 0.25) is 0 Å². The Morgan fingerprint density at radius 2 is 0.833 bits per heavy atom. The molecule has 0 unspecified atom stereocenters. The van der Waals surface area contributed by atoms with E-state index in [1.807, 2.05) is 13.8 Å². The topological polar surface area (TPSA) is 0 Å². The van der Waals surface area contributed by atoms with Crippen molar-refractivity contribution in [3.8, 4) is 0 Å². The molecule has 18 heavy (non-hydrogen) atoms. The van der Waals surface area contributed by atoms with E-state index in [0.717, 1.165) is 0 Å². The van der Waals surface area contributed by atoms with Gasteiger partial charge in [0.25, 0.3) is 0 Å².